The average Bonchev–Trinajstić information content (AvgIpc) is 2.78. The second-order valence-electron chi connectivity index (χ2n) is 7.62. The largest absolute Gasteiger partial charge is 0.490 e. The topological polar surface area (TPSA) is 27.7 Å². The second kappa shape index (κ2) is 11.2. The van der Waals surface area contributed by atoms with Crippen LogP contribution in [0, 0.1) is 36.2 Å². The quantitative estimate of drug-likeness (QED) is 0.404. The van der Waals surface area contributed by atoms with Gasteiger partial charge in [0.2, 0.25) is 12.1 Å². The Labute approximate surface area is 181 Å². The highest BCUT2D eigenvalue weighted by molar-refractivity contribution is 5.37. The van der Waals surface area contributed by atoms with Crippen LogP contribution in [0.4, 0.5) is 13.2 Å². The second-order valence-corrected chi connectivity index (χ2v) is 7.62. The molecule has 1 fully saturated rings. The summed E-state index contributed by atoms with van der Waals surface area (Å²) in [4.78, 5) is 0. The fourth-order valence-electron chi connectivity index (χ4n) is 3.26. The van der Waals surface area contributed by atoms with Crippen molar-refractivity contribution >= 4 is 0 Å². The van der Waals surface area contributed by atoms with E-state index < -0.39 is 23.8 Å². The van der Waals surface area contributed by atoms with E-state index in [4.69, 9.17) is 14.2 Å². The summed E-state index contributed by atoms with van der Waals surface area (Å²) >= 11 is 0. The van der Waals surface area contributed by atoms with Crippen LogP contribution < -0.4 is 4.74 Å². The Balaban J connectivity index is 1.56. The zero-order chi connectivity index (χ0) is 22.2. The molecular weight excluding hydrogens is 405 g/mol. The molecule has 1 aliphatic rings. The number of halogens is 3. The standard InChI is InChI=1S/C25H27F3O3/c1-3-4-5-6-13-29-22-11-10-20(24(27)25(22)28)19-15-30-23(31-16-19)12-9-18-8-7-17(2)21(26)14-18/h7-8,10-11,14,19,23H,3-6,13,15-16H2,1-2H3. The van der Waals surface area contributed by atoms with Crippen LogP contribution in [0.25, 0.3) is 0 Å². The van der Waals surface area contributed by atoms with Crippen LogP contribution in [-0.4, -0.2) is 26.1 Å². The number of rotatable bonds is 7. The fraction of sp³-hybridized carbons (Fsp3) is 0.440. The molecule has 3 rings (SSSR count). The number of hydrogen-bond acceptors (Lipinski definition) is 3. The maximum atomic E-state index is 14.6. The van der Waals surface area contributed by atoms with Gasteiger partial charge in [0.25, 0.3) is 0 Å². The van der Waals surface area contributed by atoms with E-state index in [1.807, 2.05) is 0 Å². The molecule has 0 bridgehead atoms. The molecule has 2 aromatic carbocycles. The smallest absolute Gasteiger partial charge is 0.222 e. The molecule has 0 aromatic heterocycles. The summed E-state index contributed by atoms with van der Waals surface area (Å²) < 4.78 is 59.1. The van der Waals surface area contributed by atoms with Gasteiger partial charge in [0.1, 0.15) is 5.82 Å². The van der Waals surface area contributed by atoms with Gasteiger partial charge in [0, 0.05) is 11.5 Å². The zero-order valence-corrected chi connectivity index (χ0v) is 17.8. The number of hydrogen-bond donors (Lipinski definition) is 0. The highest BCUT2D eigenvalue weighted by Crippen LogP contribution is 2.30. The normalized spacial score (nSPS) is 18.4. The van der Waals surface area contributed by atoms with Crippen molar-refractivity contribution in [3.8, 4) is 17.6 Å². The summed E-state index contributed by atoms with van der Waals surface area (Å²) in [5, 5.41) is 0. The van der Waals surface area contributed by atoms with Crippen molar-refractivity contribution < 1.29 is 27.4 Å². The van der Waals surface area contributed by atoms with E-state index in [0.717, 1.165) is 25.7 Å². The van der Waals surface area contributed by atoms with Crippen LogP contribution >= 0.6 is 0 Å². The van der Waals surface area contributed by atoms with Crippen LogP contribution in [0.5, 0.6) is 5.75 Å². The predicted octanol–water partition coefficient (Wildman–Crippen LogP) is 5.88. The Kier molecular flexibility index (Phi) is 8.39. The molecule has 0 atom stereocenters. The maximum absolute atomic E-state index is 14.6. The number of benzene rings is 2. The Morgan fingerprint density at radius 3 is 2.48 bits per heavy atom. The van der Waals surface area contributed by atoms with Gasteiger partial charge in [-0.25, -0.2) is 8.78 Å². The third-order valence-corrected chi connectivity index (χ3v) is 5.18. The third-order valence-electron chi connectivity index (χ3n) is 5.18. The van der Waals surface area contributed by atoms with E-state index in [-0.39, 0.29) is 30.3 Å². The van der Waals surface area contributed by atoms with Gasteiger partial charge >= 0.3 is 0 Å². The van der Waals surface area contributed by atoms with Gasteiger partial charge in [0.05, 0.1) is 19.8 Å². The SMILES string of the molecule is CCCCCCOc1ccc(C2COC(C#Cc3ccc(C)c(F)c3)OC2)c(F)c1F. The van der Waals surface area contributed by atoms with Gasteiger partial charge in [-0.05, 0) is 48.6 Å². The first-order chi connectivity index (χ1) is 15.0. The summed E-state index contributed by atoms with van der Waals surface area (Å²) in [6.07, 6.45) is 3.19. The molecule has 6 heteroatoms. The van der Waals surface area contributed by atoms with Crippen LogP contribution in [0.2, 0.25) is 0 Å². The molecule has 31 heavy (non-hydrogen) atoms. The molecule has 1 aliphatic heterocycles. The molecule has 0 radical (unpaired) electrons. The minimum absolute atomic E-state index is 0.0792. The van der Waals surface area contributed by atoms with E-state index in [1.54, 1.807) is 19.1 Å². The molecule has 0 saturated carbocycles. The highest BCUT2D eigenvalue weighted by Gasteiger charge is 2.27. The van der Waals surface area contributed by atoms with Crippen molar-refractivity contribution in [3.63, 3.8) is 0 Å². The van der Waals surface area contributed by atoms with Crippen molar-refractivity contribution in [3.05, 3.63) is 64.5 Å². The van der Waals surface area contributed by atoms with Crippen LogP contribution in [-0.2, 0) is 9.47 Å². The van der Waals surface area contributed by atoms with Crippen LogP contribution in [0.1, 0.15) is 55.2 Å². The summed E-state index contributed by atoms with van der Waals surface area (Å²) in [6, 6.07) is 7.67. The third kappa shape index (κ3) is 6.25. The Morgan fingerprint density at radius 2 is 1.77 bits per heavy atom. The van der Waals surface area contributed by atoms with E-state index >= 15 is 0 Å². The monoisotopic (exact) mass is 432 g/mol. The molecule has 3 nitrogen and oxygen atoms in total. The minimum Gasteiger partial charge on any atom is -0.490 e. The molecule has 0 unspecified atom stereocenters. The number of ether oxygens (including phenoxy) is 3. The Bertz CT molecular complexity index is 941. The molecule has 0 spiro atoms. The lowest BCUT2D eigenvalue weighted by Crippen LogP contribution is -2.30. The summed E-state index contributed by atoms with van der Waals surface area (Å²) in [7, 11) is 0. The molecule has 0 amide bonds. The molecule has 0 aliphatic carbocycles. The first-order valence-corrected chi connectivity index (χ1v) is 10.6. The first kappa shape index (κ1) is 23.2. The molecule has 2 aromatic rings. The van der Waals surface area contributed by atoms with Gasteiger partial charge < -0.3 is 14.2 Å². The average molecular weight is 432 g/mol. The molecular formula is C25H27F3O3. The van der Waals surface area contributed by atoms with Gasteiger partial charge in [-0.3, -0.25) is 0 Å². The fourth-order valence-corrected chi connectivity index (χ4v) is 3.26. The van der Waals surface area contributed by atoms with Crippen LogP contribution in [0.15, 0.2) is 30.3 Å². The minimum atomic E-state index is -0.990. The van der Waals surface area contributed by atoms with E-state index in [0.29, 0.717) is 17.7 Å². The number of unbranched alkanes of at least 4 members (excludes halogenated alkanes) is 3. The molecule has 1 heterocycles. The molecule has 166 valence electrons. The highest BCUT2D eigenvalue weighted by atomic mass is 19.2. The van der Waals surface area contributed by atoms with Crippen LogP contribution in [0.3, 0.4) is 0 Å². The van der Waals surface area contributed by atoms with Gasteiger partial charge in [-0.15, -0.1) is 0 Å². The first-order valence-electron chi connectivity index (χ1n) is 10.6. The molecule has 1 saturated heterocycles. The lowest BCUT2D eigenvalue weighted by atomic mass is 9.99. The van der Waals surface area contributed by atoms with Crippen molar-refractivity contribution in [1.29, 1.82) is 0 Å². The predicted molar refractivity (Wildman–Crippen MR) is 112 cm³/mol. The van der Waals surface area contributed by atoms with E-state index in [2.05, 4.69) is 18.8 Å². The zero-order valence-electron chi connectivity index (χ0n) is 17.8. The van der Waals surface area contributed by atoms with Gasteiger partial charge in [0.15, 0.2) is 11.6 Å². The van der Waals surface area contributed by atoms with Gasteiger partial charge in [-0.2, -0.15) is 4.39 Å². The Hall–Kier alpha value is -2.49. The van der Waals surface area contributed by atoms with E-state index in [1.165, 1.54) is 18.2 Å². The van der Waals surface area contributed by atoms with Crippen molar-refractivity contribution in [1.82, 2.24) is 0 Å². The summed E-state index contributed by atoms with van der Waals surface area (Å²) in [6.45, 7) is 4.41. The summed E-state index contributed by atoms with van der Waals surface area (Å²) in [5.74, 6) is 2.79. The lowest BCUT2D eigenvalue weighted by molar-refractivity contribution is -0.154. The van der Waals surface area contributed by atoms with Crippen molar-refractivity contribution in [2.75, 3.05) is 19.8 Å². The van der Waals surface area contributed by atoms with Crippen molar-refractivity contribution in [2.24, 2.45) is 0 Å². The molecule has 0 N–H and O–H groups in total. The van der Waals surface area contributed by atoms with Crippen molar-refractivity contribution in [2.45, 2.75) is 51.7 Å². The Morgan fingerprint density at radius 1 is 1.00 bits per heavy atom. The maximum Gasteiger partial charge on any atom is 0.222 e. The lowest BCUT2D eigenvalue weighted by Gasteiger charge is -2.27. The van der Waals surface area contributed by atoms with Gasteiger partial charge in [-0.1, -0.05) is 44.2 Å². The number of aryl methyl sites for hydroxylation is 1. The van der Waals surface area contributed by atoms with E-state index in [9.17, 15) is 13.2 Å². The summed E-state index contributed by atoms with van der Waals surface area (Å²) in [5.41, 5.74) is 1.24.